The third kappa shape index (κ3) is 10.4. The van der Waals surface area contributed by atoms with E-state index in [-0.39, 0.29) is 37.7 Å². The number of carbonyl (C=O) groups is 1. The molecule has 3 saturated heterocycles. The molecule has 0 spiro atoms. The lowest BCUT2D eigenvalue weighted by Gasteiger charge is -2.47. The number of ether oxygens (including phenoxy) is 6. The van der Waals surface area contributed by atoms with Crippen molar-refractivity contribution in [1.82, 2.24) is 5.32 Å². The molecule has 7 unspecified atom stereocenters. The van der Waals surface area contributed by atoms with E-state index in [1.165, 1.54) is 11.8 Å². The van der Waals surface area contributed by atoms with E-state index in [4.69, 9.17) is 74.3 Å². The van der Waals surface area contributed by atoms with E-state index >= 15 is 0 Å². The number of anilines is 2. The number of aryl methyl sites for hydroxylation is 1. The minimum atomic E-state index is -1.59. The van der Waals surface area contributed by atoms with Gasteiger partial charge in [-0.25, -0.2) is 0 Å². The van der Waals surface area contributed by atoms with Crippen LogP contribution in [0.15, 0.2) is 60.7 Å². The number of rotatable bonds is 15. The Morgan fingerprint density at radius 3 is 1.83 bits per heavy atom. The van der Waals surface area contributed by atoms with Gasteiger partial charge in [-0.15, -0.1) is 0 Å². The number of nitrogen functional groups attached to an aromatic ring is 2. The van der Waals surface area contributed by atoms with Crippen LogP contribution in [0.3, 0.4) is 0 Å². The molecule has 1 amide bonds. The quantitative estimate of drug-likeness (QED) is 0.0230. The molecule has 4 aliphatic rings. The Kier molecular flexibility index (Phi) is 16.5. The minimum absolute atomic E-state index is 0.0707. The molecule has 384 valence electrons. The fourth-order valence-electron chi connectivity index (χ4n) is 9.74. The zero-order valence-electron chi connectivity index (χ0n) is 38.5. The summed E-state index contributed by atoms with van der Waals surface area (Å²) in [7, 11) is 1.96. The zero-order chi connectivity index (χ0) is 50.3. The Morgan fingerprint density at radius 1 is 0.657 bits per heavy atom. The van der Waals surface area contributed by atoms with Crippen LogP contribution in [0.25, 0.3) is 32.9 Å². The first-order valence-electron chi connectivity index (χ1n) is 23.2. The third-order valence-electron chi connectivity index (χ3n) is 13.7. The van der Waals surface area contributed by atoms with Crippen molar-refractivity contribution in [3.63, 3.8) is 0 Å². The molecule has 0 bridgehead atoms. The molecule has 4 fully saturated rings. The number of benzene rings is 3. The smallest absolute Gasteiger partial charge is 0.251 e. The predicted octanol–water partition coefficient (Wildman–Crippen LogP) is -4.76. The number of amides is 1. The number of nitrogens with zero attached hydrogens (tertiary/aromatic N) is 1. The lowest BCUT2D eigenvalue weighted by Crippen LogP contribution is -2.68. The molecule has 19 atom stereocenters. The maximum absolute atomic E-state index is 13.4. The number of nitrogens with two attached hydrogens (primary N) is 8. The standard InChI is InChI=1S/C46H66N10O13S/c1-56-27-13-21(50)7-9-23(27)22-8-6-20(49)12-24(22)33(56)18-2-4-19(5-3-18)43(63)55-10-11-70-17-30-41(68-45-32(54)38(61)36(59)29(16-48)65-45)39(62)46(66-30)69-42-34(57)25(51)14-26(52)40(42)67-44-31(53)37(60)35(58)28(15-47)64-44/h2-9,12-13,25-26,28-32,34-42,44-46,50,57-62H,10-11,14-17,47-48,51-54H2,1H3,(H3,49,55,63)/p+1/t25-,26?,28?,29+,30-,31?,32?,34?,35-,36-,37-,38?,39?,40-,41+,42-,44+,45-,46+/m1/s1. The summed E-state index contributed by atoms with van der Waals surface area (Å²) in [4.78, 5) is 13.4. The van der Waals surface area contributed by atoms with Gasteiger partial charge >= 0.3 is 0 Å². The molecule has 3 aliphatic heterocycles. The van der Waals surface area contributed by atoms with Gasteiger partial charge in [-0.1, -0.05) is 6.07 Å². The van der Waals surface area contributed by atoms with Crippen LogP contribution in [0.5, 0.6) is 0 Å². The van der Waals surface area contributed by atoms with E-state index in [9.17, 15) is 35.4 Å². The molecule has 70 heavy (non-hydrogen) atoms. The topological polar surface area (TPSA) is 418 Å². The third-order valence-corrected chi connectivity index (χ3v) is 14.8. The number of aromatic nitrogens is 1. The summed E-state index contributed by atoms with van der Waals surface area (Å²) in [5.74, 6) is 0.235. The van der Waals surface area contributed by atoms with E-state index in [0.717, 1.165) is 32.9 Å². The van der Waals surface area contributed by atoms with Crippen molar-refractivity contribution in [3.8, 4) is 11.3 Å². The Morgan fingerprint density at radius 2 is 1.21 bits per heavy atom. The molecule has 23 nitrogen and oxygen atoms in total. The first-order valence-corrected chi connectivity index (χ1v) is 24.4. The van der Waals surface area contributed by atoms with Crippen LogP contribution < -0.4 is 55.8 Å². The van der Waals surface area contributed by atoms with Gasteiger partial charge in [-0.05, 0) is 55.0 Å². The summed E-state index contributed by atoms with van der Waals surface area (Å²) in [6.45, 7) is -0.118. The molecule has 1 aromatic heterocycles. The number of pyridine rings is 1. The highest BCUT2D eigenvalue weighted by Gasteiger charge is 2.54. The number of thioether (sulfide) groups is 1. The SMILES string of the molecule is C[n+]1c(-c2ccc(C(=O)NCCSC[C@H]3O[C@@H](O[C@@H]4C(O)[C@H](N)CC(N)[C@H]4O[C@@H]4OC(CN)[C@@H](O)[C@H](O)C4N)C(O)[C@H]3O[C@H]3O[C@@H](CN)[C@@H](O)C(O)C3N)cc2)c2cc(N)ccc2c2ccc(N)cc21. The second-order valence-corrected chi connectivity index (χ2v) is 19.6. The Bertz CT molecular complexity index is 2450. The Balaban J connectivity index is 0.944. The van der Waals surface area contributed by atoms with E-state index in [1.54, 1.807) is 12.1 Å². The molecule has 24 heteroatoms. The summed E-state index contributed by atoms with van der Waals surface area (Å²) in [5.41, 5.74) is 53.6. The minimum Gasteiger partial charge on any atom is -0.399 e. The van der Waals surface area contributed by atoms with Crippen molar-refractivity contribution >= 4 is 50.7 Å². The first kappa shape index (κ1) is 52.4. The van der Waals surface area contributed by atoms with E-state index in [0.29, 0.717) is 22.7 Å². The van der Waals surface area contributed by atoms with E-state index in [1.807, 2.05) is 55.6 Å². The first-order chi connectivity index (χ1) is 33.4. The average Bonchev–Trinajstić information content (AvgIpc) is 3.63. The van der Waals surface area contributed by atoms with Gasteiger partial charge in [-0.2, -0.15) is 16.3 Å². The van der Waals surface area contributed by atoms with Gasteiger partial charge in [0.25, 0.3) is 5.91 Å². The van der Waals surface area contributed by atoms with Gasteiger partial charge in [-0.3, -0.25) is 4.79 Å². The van der Waals surface area contributed by atoms with E-state index in [2.05, 4.69) is 9.88 Å². The van der Waals surface area contributed by atoms with Crippen LogP contribution in [-0.2, 0) is 35.5 Å². The Hall–Kier alpha value is -3.97. The van der Waals surface area contributed by atoms with Crippen LogP contribution in [0.1, 0.15) is 16.8 Å². The van der Waals surface area contributed by atoms with E-state index < -0.39 is 116 Å². The highest BCUT2D eigenvalue weighted by molar-refractivity contribution is 7.99. The van der Waals surface area contributed by atoms with Gasteiger partial charge in [0.05, 0.1) is 35.1 Å². The molecule has 0 radical (unpaired) electrons. The highest BCUT2D eigenvalue weighted by atomic mass is 32.2. The van der Waals surface area contributed by atoms with Gasteiger partial charge in [0.15, 0.2) is 18.9 Å². The van der Waals surface area contributed by atoms with Crippen LogP contribution >= 0.6 is 11.8 Å². The molecule has 1 aliphatic carbocycles. The fraction of sp³-hybridized carbons (Fsp3) is 0.565. The van der Waals surface area contributed by atoms with Crippen LogP contribution in [0, 0.1) is 0 Å². The Labute approximate surface area is 407 Å². The second kappa shape index (κ2) is 22.0. The molecule has 3 aromatic carbocycles. The van der Waals surface area contributed by atoms with Crippen molar-refractivity contribution in [2.24, 2.45) is 41.4 Å². The number of aliphatic hydroxyl groups is 6. The maximum Gasteiger partial charge on any atom is 0.251 e. The number of hydrogen-bond acceptors (Lipinski definition) is 22. The van der Waals surface area contributed by atoms with Crippen LogP contribution in [-0.4, -0.2) is 184 Å². The molecular formula is C46H67N10O13S+. The van der Waals surface area contributed by atoms with Crippen molar-refractivity contribution in [2.75, 3.05) is 42.6 Å². The van der Waals surface area contributed by atoms with Crippen LogP contribution in [0.4, 0.5) is 11.4 Å². The van der Waals surface area contributed by atoms with Gasteiger partial charge in [0.2, 0.25) is 11.2 Å². The maximum atomic E-state index is 13.4. The lowest BCUT2D eigenvalue weighted by atomic mass is 9.84. The van der Waals surface area contributed by atoms with Gasteiger partial charge in [0.1, 0.15) is 68.1 Å². The van der Waals surface area contributed by atoms with Crippen molar-refractivity contribution < 1.29 is 68.4 Å². The van der Waals surface area contributed by atoms with Crippen LogP contribution in [0.2, 0.25) is 0 Å². The number of carbonyl (C=O) groups excluding carboxylic acids is 1. The number of nitrogens with one attached hydrogen (secondary N) is 1. The number of fused-ring (bicyclic) bond motifs is 3. The van der Waals surface area contributed by atoms with Crippen molar-refractivity contribution in [1.29, 1.82) is 0 Å². The molecular weight excluding hydrogens is 933 g/mol. The van der Waals surface area contributed by atoms with Gasteiger partial charge in [0, 0.05) is 77.2 Å². The molecule has 1 saturated carbocycles. The molecule has 4 heterocycles. The highest BCUT2D eigenvalue weighted by Crippen LogP contribution is 2.37. The summed E-state index contributed by atoms with van der Waals surface area (Å²) in [6, 6.07) is 14.5. The summed E-state index contributed by atoms with van der Waals surface area (Å²) in [5, 5.41) is 71.5. The summed E-state index contributed by atoms with van der Waals surface area (Å²) < 4.78 is 38.7. The zero-order valence-corrected chi connectivity index (χ0v) is 39.3. The summed E-state index contributed by atoms with van der Waals surface area (Å²) >= 11 is 1.36. The average molecular weight is 1000 g/mol. The largest absolute Gasteiger partial charge is 0.399 e. The molecule has 23 N–H and O–H groups in total. The normalized spacial score (nSPS) is 37.0. The van der Waals surface area contributed by atoms with Gasteiger partial charge < -0.3 is 110 Å². The fourth-order valence-corrected chi connectivity index (χ4v) is 10.7. The monoisotopic (exact) mass is 999 g/mol. The molecule has 4 aromatic rings. The van der Waals surface area contributed by atoms with Crippen molar-refractivity contribution in [3.05, 3.63) is 66.2 Å². The van der Waals surface area contributed by atoms with Crippen molar-refractivity contribution in [2.45, 2.75) is 123 Å². The number of hydrogen-bond donors (Lipinski definition) is 15. The summed E-state index contributed by atoms with van der Waals surface area (Å²) in [6.07, 6.45) is -19.8. The second-order valence-electron chi connectivity index (χ2n) is 18.5. The predicted molar refractivity (Wildman–Crippen MR) is 258 cm³/mol. The lowest BCUT2D eigenvalue weighted by molar-refractivity contribution is -0.632. The number of aliphatic hydroxyl groups excluding tert-OH is 6. The molecule has 8 rings (SSSR count).